The second-order valence-corrected chi connectivity index (χ2v) is 4.17. The molecule has 0 fully saturated rings. The molecular weight excluding hydrogens is 349 g/mol. The molecule has 0 aromatic heterocycles. The normalized spacial score (nSPS) is 10.6. The van der Waals surface area contributed by atoms with Crippen LogP contribution >= 0.6 is 0 Å². The number of hydrogen-bond acceptors (Lipinski definition) is 7. The third-order valence-corrected chi connectivity index (χ3v) is 0. The topological polar surface area (TPSA) is 164 Å². The molecule has 11 heteroatoms. The molecule has 0 aliphatic rings. The van der Waals surface area contributed by atoms with E-state index in [0.717, 1.165) is 0 Å². The number of rotatable bonds is 0. The molecule has 11 heavy (non-hydrogen) atoms. The first kappa shape index (κ1) is 18.8. The van der Waals surface area contributed by atoms with E-state index in [0.29, 0.717) is 0 Å². The second kappa shape index (κ2) is 7.49. The summed E-state index contributed by atoms with van der Waals surface area (Å²) in [7, 11) is 0. The fraction of sp³-hybridized carbons (Fsp3) is 0. The van der Waals surface area contributed by atoms with Crippen LogP contribution in [0.25, 0.3) is 0 Å². The molecule has 0 rings (SSSR count). The van der Waals surface area contributed by atoms with E-state index in [4.69, 9.17) is 29.4 Å². The van der Waals surface area contributed by atoms with Crippen molar-refractivity contribution in [3.63, 3.8) is 0 Å². The monoisotopic (exact) mass is 350 g/mol. The Hall–Kier alpha value is 2.09. The summed E-state index contributed by atoms with van der Waals surface area (Å²) in [6, 6.07) is 0. The molecule has 0 radical (unpaired) electrons. The van der Waals surface area contributed by atoms with Crippen molar-refractivity contribution in [1.29, 1.82) is 0 Å². The second-order valence-electron chi connectivity index (χ2n) is 0.774. The van der Waals surface area contributed by atoms with Gasteiger partial charge in [-0.15, -0.1) is 0 Å². The van der Waals surface area contributed by atoms with Crippen LogP contribution in [0.15, 0.2) is 0 Å². The summed E-state index contributed by atoms with van der Waals surface area (Å²) in [5.41, 5.74) is 0. The number of halogens is 1. The van der Waals surface area contributed by atoms with Gasteiger partial charge in [0, 0.05) is 0 Å². The molecule has 0 amide bonds. The van der Waals surface area contributed by atoms with Crippen LogP contribution in [0.3, 0.4) is 0 Å². The van der Waals surface area contributed by atoms with Gasteiger partial charge in [0.15, 0.2) is 0 Å². The third-order valence-electron chi connectivity index (χ3n) is 0. The Balaban J connectivity index is -0.000000107. The van der Waals surface area contributed by atoms with Gasteiger partial charge in [0.25, 0.3) is 0 Å². The molecular formula is HIKMnO8. The molecule has 0 aliphatic heterocycles. The summed E-state index contributed by atoms with van der Waals surface area (Å²) in [6.07, 6.45) is 0. The van der Waals surface area contributed by atoms with Crippen molar-refractivity contribution in [3.8, 4) is 0 Å². The Labute approximate surface area is 112 Å². The molecule has 0 saturated carbocycles. The van der Waals surface area contributed by atoms with E-state index in [1.165, 1.54) is 0 Å². The van der Waals surface area contributed by atoms with Gasteiger partial charge in [0.1, 0.15) is 20.1 Å². The van der Waals surface area contributed by atoms with Gasteiger partial charge in [-0.25, -0.2) is 0 Å². The van der Waals surface area contributed by atoms with E-state index in [1.807, 2.05) is 0 Å². The first-order valence-electron chi connectivity index (χ1n) is 1.25. The van der Waals surface area contributed by atoms with Crippen LogP contribution in [-0.2, 0) is 24.5 Å². The van der Waals surface area contributed by atoms with Crippen molar-refractivity contribution in [2.24, 2.45) is 0 Å². The molecule has 64 valence electrons. The molecule has 0 bridgehead atoms. The molecule has 8 nitrogen and oxygen atoms in total. The van der Waals surface area contributed by atoms with E-state index in [9.17, 15) is 0 Å². The zero-order valence-electron chi connectivity index (χ0n) is 5.06. The standard InChI is InChI=1S/IO4.K.Mn.H2O.3O/c2-1(3,4)5;;;;;;/h;;;1H2;;;/q-1;2*+1;;;;/p-1. The minimum absolute atomic E-state index is 0. The Bertz CT molecular complexity index is 192. The minimum atomic E-state index is -5.94. The summed E-state index contributed by atoms with van der Waals surface area (Å²) in [5.74, 6) is 0. The molecule has 0 atom stereocenters. The van der Waals surface area contributed by atoms with Crippen LogP contribution in [-0.4, -0.2) is 4.19 Å². The molecule has 0 aromatic carbocycles. The first-order chi connectivity index (χ1) is 4.00. The Kier molecular flexibility index (Phi) is 12.8. The van der Waals surface area contributed by atoms with Crippen LogP contribution in [0, 0.1) is 0 Å². The SMILES string of the molecule is [K+].[O-][I+3]([O-])([O-])[O-].[O]=[Mn](=[O])(=[O])[OH]. The fourth-order valence-electron chi connectivity index (χ4n) is 0. The molecule has 0 aliphatic carbocycles. The third kappa shape index (κ3) is 283. The zero-order valence-corrected chi connectivity index (χ0v) is 11.5. The Morgan fingerprint density at radius 3 is 1.00 bits per heavy atom. The molecule has 0 saturated heterocycles. The molecule has 0 unspecified atom stereocenters. The number of hydrogen-bond donors (Lipinski definition) is 1. The van der Waals surface area contributed by atoms with Gasteiger partial charge in [-0.1, -0.05) is 0 Å². The zero-order chi connectivity index (χ0) is 9.00. The first-order valence-corrected chi connectivity index (χ1v) is 6.75. The van der Waals surface area contributed by atoms with Gasteiger partial charge in [-0.3, -0.25) is 13.7 Å². The van der Waals surface area contributed by atoms with E-state index in [2.05, 4.69) is 0 Å². The van der Waals surface area contributed by atoms with Crippen LogP contribution in [0.1, 0.15) is 0 Å². The summed E-state index contributed by atoms with van der Waals surface area (Å²) in [6.45, 7) is 0. The van der Waals surface area contributed by atoms with Gasteiger partial charge >= 0.3 is 80.0 Å². The van der Waals surface area contributed by atoms with E-state index >= 15 is 0 Å². The average molecular weight is 350 g/mol. The Morgan fingerprint density at radius 2 is 1.00 bits per heavy atom. The van der Waals surface area contributed by atoms with Gasteiger partial charge in [-0.2, -0.15) is 0 Å². The summed E-state index contributed by atoms with van der Waals surface area (Å²) < 4.78 is 67.5. The molecule has 0 heterocycles. The van der Waals surface area contributed by atoms with Gasteiger partial charge in [0.2, 0.25) is 0 Å². The van der Waals surface area contributed by atoms with Gasteiger partial charge < -0.3 is 0 Å². The Morgan fingerprint density at radius 1 is 1.00 bits per heavy atom. The van der Waals surface area contributed by atoms with Gasteiger partial charge in [-0.05, 0) is 0 Å². The van der Waals surface area contributed by atoms with Crippen molar-refractivity contribution in [1.82, 2.24) is 0 Å². The van der Waals surface area contributed by atoms with Crippen molar-refractivity contribution in [3.05, 3.63) is 0 Å². The molecule has 0 spiro atoms. The van der Waals surface area contributed by atoms with Crippen LogP contribution < -0.4 is 85.2 Å². The fourth-order valence-corrected chi connectivity index (χ4v) is 0. The van der Waals surface area contributed by atoms with Crippen molar-refractivity contribution < 1.29 is 114 Å². The predicted molar refractivity (Wildman–Crippen MR) is 4.28 cm³/mol. The van der Waals surface area contributed by atoms with Crippen LogP contribution in [0.5, 0.6) is 0 Å². The summed E-state index contributed by atoms with van der Waals surface area (Å²) in [5, 5.41) is 0. The molecule has 0 aromatic rings. The van der Waals surface area contributed by atoms with E-state index < -0.39 is 33.1 Å². The predicted octanol–water partition coefficient (Wildman–Crippen LogP) is -11.7. The van der Waals surface area contributed by atoms with E-state index in [-0.39, 0.29) is 51.4 Å². The van der Waals surface area contributed by atoms with Crippen molar-refractivity contribution >= 4 is 0 Å². The summed E-state index contributed by atoms with van der Waals surface area (Å²) in [4.78, 5) is 0. The average Bonchev–Trinajstić information content (AvgIpc) is 1.12. The quantitative estimate of drug-likeness (QED) is 0.332. The van der Waals surface area contributed by atoms with Gasteiger partial charge in [0.05, 0.1) is 0 Å². The molecule has 1 N–H and O–H groups in total. The van der Waals surface area contributed by atoms with Crippen molar-refractivity contribution in [2.45, 2.75) is 0 Å². The van der Waals surface area contributed by atoms with Crippen LogP contribution in [0.2, 0.25) is 0 Å². The summed E-state index contributed by atoms with van der Waals surface area (Å²) >= 11 is -11.3. The van der Waals surface area contributed by atoms with E-state index in [1.54, 1.807) is 0 Å². The van der Waals surface area contributed by atoms with Crippen molar-refractivity contribution in [2.75, 3.05) is 0 Å². The maximum absolute atomic E-state index is 8.69. The van der Waals surface area contributed by atoms with Crippen LogP contribution in [0.4, 0.5) is 0 Å². The maximum atomic E-state index is 8.69.